The number of carbonyl (C=O) groups excluding carboxylic acids is 2. The molecule has 1 aromatic heterocycles. The second kappa shape index (κ2) is 8.31. The maximum absolute atomic E-state index is 12.1. The van der Waals surface area contributed by atoms with E-state index < -0.39 is 5.97 Å². The molecule has 128 valence electrons. The molecule has 1 amide bonds. The molecule has 24 heavy (non-hydrogen) atoms. The highest BCUT2D eigenvalue weighted by Crippen LogP contribution is 2.23. The number of halogens is 1. The maximum atomic E-state index is 12.1. The third-order valence-corrected chi connectivity index (χ3v) is 4.85. The van der Waals surface area contributed by atoms with Crippen molar-refractivity contribution < 1.29 is 14.3 Å². The van der Waals surface area contributed by atoms with E-state index in [4.69, 9.17) is 16.3 Å². The summed E-state index contributed by atoms with van der Waals surface area (Å²) >= 11 is 7.28. The number of hydrogen-bond donors (Lipinski definition) is 1. The molecule has 2 rings (SSSR count). The van der Waals surface area contributed by atoms with Crippen LogP contribution in [-0.4, -0.2) is 18.5 Å². The smallest absolute Gasteiger partial charge is 0.348 e. The molecule has 0 aliphatic carbocycles. The normalized spacial score (nSPS) is 10.5. The van der Waals surface area contributed by atoms with E-state index in [9.17, 15) is 9.59 Å². The lowest BCUT2D eigenvalue weighted by Gasteiger charge is -2.08. The van der Waals surface area contributed by atoms with Gasteiger partial charge in [-0.3, -0.25) is 4.79 Å². The molecule has 1 heterocycles. The lowest BCUT2D eigenvalue weighted by atomic mass is 10.1. The molecule has 0 radical (unpaired) electrons. The van der Waals surface area contributed by atoms with Crippen LogP contribution < -0.4 is 5.32 Å². The summed E-state index contributed by atoms with van der Waals surface area (Å²) in [6.07, 6.45) is 1.96. The zero-order valence-electron chi connectivity index (χ0n) is 13.9. The number of esters is 1. The average Bonchev–Trinajstić information content (AvgIpc) is 2.89. The van der Waals surface area contributed by atoms with Crippen LogP contribution in [0, 0.1) is 13.8 Å². The standard InChI is InChI=1S/C18H20ClNO3S/c1-4-5-13-9-16(24-12(13)3)18(22)23-10-17(21)20-15-7-6-14(19)8-11(15)2/h6-9H,4-5,10H2,1-3H3,(H,20,21). The second-order valence-electron chi connectivity index (χ2n) is 5.53. The van der Waals surface area contributed by atoms with Crippen LogP contribution in [0.4, 0.5) is 5.69 Å². The Labute approximate surface area is 150 Å². The maximum Gasteiger partial charge on any atom is 0.348 e. The first-order valence-electron chi connectivity index (χ1n) is 7.73. The number of amides is 1. The van der Waals surface area contributed by atoms with Crippen LogP contribution >= 0.6 is 22.9 Å². The fourth-order valence-corrected chi connectivity index (χ4v) is 3.49. The number of rotatable bonds is 6. The van der Waals surface area contributed by atoms with Gasteiger partial charge in [0.15, 0.2) is 6.61 Å². The zero-order chi connectivity index (χ0) is 17.7. The Bertz CT molecular complexity index is 755. The van der Waals surface area contributed by atoms with Crippen LogP contribution in [-0.2, 0) is 16.0 Å². The molecular weight excluding hydrogens is 346 g/mol. The van der Waals surface area contributed by atoms with E-state index in [0.717, 1.165) is 28.8 Å². The van der Waals surface area contributed by atoms with Gasteiger partial charge in [0.05, 0.1) is 0 Å². The number of nitrogens with one attached hydrogen (secondary N) is 1. The molecule has 0 spiro atoms. The molecule has 2 aromatic rings. The third kappa shape index (κ3) is 4.82. The van der Waals surface area contributed by atoms with Gasteiger partial charge in [-0.25, -0.2) is 4.79 Å². The molecule has 0 unspecified atom stereocenters. The minimum atomic E-state index is -0.464. The van der Waals surface area contributed by atoms with Gasteiger partial charge >= 0.3 is 5.97 Å². The van der Waals surface area contributed by atoms with Crippen molar-refractivity contribution in [3.8, 4) is 0 Å². The van der Waals surface area contributed by atoms with E-state index in [1.54, 1.807) is 18.2 Å². The lowest BCUT2D eigenvalue weighted by molar-refractivity contribution is -0.119. The van der Waals surface area contributed by atoms with Crippen LogP contribution in [0.15, 0.2) is 24.3 Å². The Morgan fingerprint density at radius 2 is 2.00 bits per heavy atom. The first-order chi connectivity index (χ1) is 11.4. The van der Waals surface area contributed by atoms with E-state index in [1.807, 2.05) is 19.9 Å². The Morgan fingerprint density at radius 1 is 1.25 bits per heavy atom. The molecule has 0 atom stereocenters. The topological polar surface area (TPSA) is 55.4 Å². The number of hydrogen-bond acceptors (Lipinski definition) is 4. The van der Waals surface area contributed by atoms with E-state index >= 15 is 0 Å². The Balaban J connectivity index is 1.91. The summed E-state index contributed by atoms with van der Waals surface area (Å²) in [4.78, 5) is 25.7. The molecule has 4 nitrogen and oxygen atoms in total. The largest absolute Gasteiger partial charge is 0.451 e. The highest BCUT2D eigenvalue weighted by atomic mass is 35.5. The van der Waals surface area contributed by atoms with Crippen LogP contribution in [0.25, 0.3) is 0 Å². The number of carbonyl (C=O) groups is 2. The van der Waals surface area contributed by atoms with Gasteiger partial charge in [0.25, 0.3) is 5.91 Å². The van der Waals surface area contributed by atoms with Crippen molar-refractivity contribution >= 4 is 40.5 Å². The van der Waals surface area contributed by atoms with Gasteiger partial charge in [0, 0.05) is 15.6 Å². The minimum Gasteiger partial charge on any atom is -0.451 e. The predicted octanol–water partition coefficient (Wildman–Crippen LogP) is 4.77. The summed E-state index contributed by atoms with van der Waals surface area (Å²) in [5, 5.41) is 3.31. The molecule has 0 fully saturated rings. The van der Waals surface area contributed by atoms with E-state index in [-0.39, 0.29) is 12.5 Å². The molecule has 6 heteroatoms. The Hall–Kier alpha value is -1.85. The highest BCUT2D eigenvalue weighted by Gasteiger charge is 2.15. The molecule has 1 aromatic carbocycles. The third-order valence-electron chi connectivity index (χ3n) is 3.54. The lowest BCUT2D eigenvalue weighted by Crippen LogP contribution is -2.21. The van der Waals surface area contributed by atoms with Crippen molar-refractivity contribution in [2.75, 3.05) is 11.9 Å². The first-order valence-corrected chi connectivity index (χ1v) is 8.92. The number of benzene rings is 1. The molecule has 0 saturated carbocycles. The molecule has 0 saturated heterocycles. The average molecular weight is 366 g/mol. The van der Waals surface area contributed by atoms with Crippen LogP contribution in [0.5, 0.6) is 0 Å². The predicted molar refractivity (Wildman–Crippen MR) is 98.2 cm³/mol. The molecule has 0 bridgehead atoms. The van der Waals surface area contributed by atoms with Crippen molar-refractivity contribution in [2.24, 2.45) is 0 Å². The number of thiophene rings is 1. The zero-order valence-corrected chi connectivity index (χ0v) is 15.5. The Kier molecular flexibility index (Phi) is 6.40. The summed E-state index contributed by atoms with van der Waals surface area (Å²) < 4.78 is 5.11. The molecule has 0 aliphatic heterocycles. The van der Waals surface area contributed by atoms with Gasteiger partial charge in [-0.05, 0) is 55.7 Å². The molecular formula is C18H20ClNO3S. The fourth-order valence-electron chi connectivity index (χ4n) is 2.29. The molecule has 0 aliphatic rings. The number of anilines is 1. The quantitative estimate of drug-likeness (QED) is 0.750. The van der Waals surface area contributed by atoms with Crippen LogP contribution in [0.2, 0.25) is 5.02 Å². The second-order valence-corrected chi connectivity index (χ2v) is 7.22. The fraction of sp³-hybridized carbons (Fsp3) is 0.333. The van der Waals surface area contributed by atoms with Gasteiger partial charge in [-0.2, -0.15) is 0 Å². The van der Waals surface area contributed by atoms with E-state index in [0.29, 0.717) is 15.6 Å². The van der Waals surface area contributed by atoms with Crippen LogP contribution in [0.3, 0.4) is 0 Å². The first kappa shape index (κ1) is 18.5. The van der Waals surface area contributed by atoms with E-state index in [1.165, 1.54) is 11.3 Å². The summed E-state index contributed by atoms with van der Waals surface area (Å²) in [6, 6.07) is 7.02. The van der Waals surface area contributed by atoms with Gasteiger partial charge in [-0.1, -0.05) is 24.9 Å². The van der Waals surface area contributed by atoms with Gasteiger partial charge in [-0.15, -0.1) is 11.3 Å². The highest BCUT2D eigenvalue weighted by molar-refractivity contribution is 7.14. The SMILES string of the molecule is CCCc1cc(C(=O)OCC(=O)Nc2ccc(Cl)cc2C)sc1C. The van der Waals surface area contributed by atoms with Gasteiger partial charge in [0.2, 0.25) is 0 Å². The monoisotopic (exact) mass is 365 g/mol. The van der Waals surface area contributed by atoms with Crippen molar-refractivity contribution in [1.82, 2.24) is 0 Å². The minimum absolute atomic E-state index is 0.318. The van der Waals surface area contributed by atoms with Crippen molar-refractivity contribution in [3.63, 3.8) is 0 Å². The number of aryl methyl sites for hydroxylation is 3. The van der Waals surface area contributed by atoms with Gasteiger partial charge in [0.1, 0.15) is 4.88 Å². The molecule has 1 N–H and O–H groups in total. The van der Waals surface area contributed by atoms with Crippen molar-refractivity contribution in [3.05, 3.63) is 50.2 Å². The van der Waals surface area contributed by atoms with E-state index in [2.05, 4.69) is 12.2 Å². The summed E-state index contributed by atoms with van der Waals surface area (Å²) in [7, 11) is 0. The summed E-state index contributed by atoms with van der Waals surface area (Å²) in [6.45, 7) is 5.61. The van der Waals surface area contributed by atoms with Crippen molar-refractivity contribution in [2.45, 2.75) is 33.6 Å². The van der Waals surface area contributed by atoms with Crippen LogP contribution in [0.1, 0.15) is 39.0 Å². The number of ether oxygens (including phenoxy) is 1. The summed E-state index contributed by atoms with van der Waals surface area (Å²) in [5.74, 6) is -0.843. The van der Waals surface area contributed by atoms with Gasteiger partial charge < -0.3 is 10.1 Å². The van der Waals surface area contributed by atoms with Crippen molar-refractivity contribution in [1.29, 1.82) is 0 Å². The Morgan fingerprint density at radius 3 is 2.67 bits per heavy atom. The summed E-state index contributed by atoms with van der Waals surface area (Å²) in [5.41, 5.74) is 2.66.